The van der Waals surface area contributed by atoms with Crippen molar-refractivity contribution in [1.29, 1.82) is 0 Å². The molecule has 1 heterocycles. The Labute approximate surface area is 121 Å². The molecule has 2 N–H and O–H groups in total. The lowest BCUT2D eigenvalue weighted by Gasteiger charge is -2.11. The summed E-state index contributed by atoms with van der Waals surface area (Å²) in [5.74, 6) is -0.932. The number of carboxylic acid groups (broad SMARTS) is 1. The van der Waals surface area contributed by atoms with Gasteiger partial charge in [-0.3, -0.25) is 10.1 Å². The zero-order valence-corrected chi connectivity index (χ0v) is 11.7. The molecule has 0 saturated carbocycles. The second kappa shape index (κ2) is 6.99. The lowest BCUT2D eigenvalue weighted by Crippen LogP contribution is -2.36. The molecule has 0 spiro atoms. The van der Waals surface area contributed by atoms with Crippen molar-refractivity contribution in [3.63, 3.8) is 0 Å². The molecule has 0 aliphatic heterocycles. The number of nitrogens with one attached hydrogen (secondary N) is 1. The molecule has 0 aliphatic rings. The van der Waals surface area contributed by atoms with E-state index in [9.17, 15) is 9.18 Å². The lowest BCUT2D eigenvalue weighted by molar-refractivity contribution is -0.139. The van der Waals surface area contributed by atoms with Gasteiger partial charge in [0, 0.05) is 12.1 Å². The first kappa shape index (κ1) is 15.2. The van der Waals surface area contributed by atoms with Gasteiger partial charge in [0.15, 0.2) is 0 Å². The average molecular weight is 292 g/mol. The SMILES string of the molecule is CCCC(NCc1coc(-c2cccc(F)c2)n1)C(=O)O. The van der Waals surface area contributed by atoms with Crippen LogP contribution in [0, 0.1) is 5.82 Å². The van der Waals surface area contributed by atoms with Crippen LogP contribution >= 0.6 is 0 Å². The molecule has 21 heavy (non-hydrogen) atoms. The summed E-state index contributed by atoms with van der Waals surface area (Å²) in [5.41, 5.74) is 1.13. The van der Waals surface area contributed by atoms with Gasteiger partial charge in [0.2, 0.25) is 5.89 Å². The van der Waals surface area contributed by atoms with Crippen molar-refractivity contribution in [2.75, 3.05) is 0 Å². The quantitative estimate of drug-likeness (QED) is 0.820. The van der Waals surface area contributed by atoms with Crippen molar-refractivity contribution in [2.45, 2.75) is 32.4 Å². The number of hydrogen-bond acceptors (Lipinski definition) is 4. The molecule has 0 amide bonds. The summed E-state index contributed by atoms with van der Waals surface area (Å²) in [5, 5.41) is 12.0. The van der Waals surface area contributed by atoms with Crippen molar-refractivity contribution in [2.24, 2.45) is 0 Å². The molecule has 1 aromatic heterocycles. The molecule has 2 rings (SSSR count). The van der Waals surface area contributed by atoms with Crippen LogP contribution in [0.2, 0.25) is 0 Å². The zero-order valence-electron chi connectivity index (χ0n) is 11.7. The van der Waals surface area contributed by atoms with Gasteiger partial charge in [0.05, 0.1) is 5.69 Å². The Morgan fingerprint density at radius 1 is 1.52 bits per heavy atom. The maximum atomic E-state index is 13.1. The average Bonchev–Trinajstić information content (AvgIpc) is 2.92. The fraction of sp³-hybridized carbons (Fsp3) is 0.333. The summed E-state index contributed by atoms with van der Waals surface area (Å²) >= 11 is 0. The fourth-order valence-electron chi connectivity index (χ4n) is 1.97. The highest BCUT2D eigenvalue weighted by molar-refractivity contribution is 5.73. The van der Waals surface area contributed by atoms with E-state index >= 15 is 0 Å². The number of aliphatic carboxylic acids is 1. The maximum absolute atomic E-state index is 13.1. The molecule has 0 fully saturated rings. The summed E-state index contributed by atoms with van der Waals surface area (Å²) < 4.78 is 18.4. The van der Waals surface area contributed by atoms with Crippen LogP contribution in [-0.2, 0) is 11.3 Å². The monoisotopic (exact) mass is 292 g/mol. The summed E-state index contributed by atoms with van der Waals surface area (Å²) in [6.45, 7) is 2.21. The minimum absolute atomic E-state index is 0.287. The molecule has 6 heteroatoms. The molecule has 0 radical (unpaired) electrons. The minimum Gasteiger partial charge on any atom is -0.480 e. The topological polar surface area (TPSA) is 75.4 Å². The zero-order chi connectivity index (χ0) is 15.2. The van der Waals surface area contributed by atoms with E-state index in [1.54, 1.807) is 12.1 Å². The summed E-state index contributed by atoms with van der Waals surface area (Å²) in [6.07, 6.45) is 2.76. The third-order valence-corrected chi connectivity index (χ3v) is 3.03. The lowest BCUT2D eigenvalue weighted by atomic mass is 10.1. The van der Waals surface area contributed by atoms with Gasteiger partial charge in [0.1, 0.15) is 18.1 Å². The van der Waals surface area contributed by atoms with Crippen LogP contribution in [0.15, 0.2) is 34.9 Å². The highest BCUT2D eigenvalue weighted by Crippen LogP contribution is 2.19. The van der Waals surface area contributed by atoms with Crippen LogP contribution < -0.4 is 5.32 Å². The molecule has 5 nitrogen and oxygen atoms in total. The number of halogens is 1. The normalized spacial score (nSPS) is 12.3. The van der Waals surface area contributed by atoms with Gasteiger partial charge in [-0.1, -0.05) is 19.4 Å². The van der Waals surface area contributed by atoms with Crippen LogP contribution in [0.3, 0.4) is 0 Å². The second-order valence-corrected chi connectivity index (χ2v) is 4.71. The van der Waals surface area contributed by atoms with Gasteiger partial charge in [-0.05, 0) is 24.6 Å². The van der Waals surface area contributed by atoms with Crippen LogP contribution in [0.5, 0.6) is 0 Å². The van der Waals surface area contributed by atoms with E-state index in [1.165, 1.54) is 18.4 Å². The largest absolute Gasteiger partial charge is 0.480 e. The third kappa shape index (κ3) is 4.13. The number of nitrogens with zero attached hydrogens (tertiary/aromatic N) is 1. The van der Waals surface area contributed by atoms with Crippen molar-refractivity contribution in [1.82, 2.24) is 10.3 Å². The third-order valence-electron chi connectivity index (χ3n) is 3.03. The smallest absolute Gasteiger partial charge is 0.320 e. The molecule has 0 bridgehead atoms. The molecule has 112 valence electrons. The maximum Gasteiger partial charge on any atom is 0.320 e. The minimum atomic E-state index is -0.884. The number of carboxylic acids is 1. The predicted molar refractivity (Wildman–Crippen MR) is 75.1 cm³/mol. The first-order chi connectivity index (χ1) is 10.1. The first-order valence-electron chi connectivity index (χ1n) is 6.76. The van der Waals surface area contributed by atoms with Crippen molar-refractivity contribution >= 4 is 5.97 Å². The molecule has 1 atom stereocenters. The summed E-state index contributed by atoms with van der Waals surface area (Å²) in [6, 6.07) is 5.35. The highest BCUT2D eigenvalue weighted by Gasteiger charge is 2.16. The highest BCUT2D eigenvalue weighted by atomic mass is 19.1. The predicted octanol–water partition coefficient (Wildman–Crippen LogP) is 2.82. The van der Waals surface area contributed by atoms with Crippen molar-refractivity contribution < 1.29 is 18.7 Å². The Morgan fingerprint density at radius 2 is 2.33 bits per heavy atom. The number of benzene rings is 1. The summed E-state index contributed by atoms with van der Waals surface area (Å²) in [7, 11) is 0. The number of rotatable bonds is 7. The van der Waals surface area contributed by atoms with Crippen molar-refractivity contribution in [3.8, 4) is 11.5 Å². The van der Waals surface area contributed by atoms with E-state index in [2.05, 4.69) is 10.3 Å². The Hall–Kier alpha value is -2.21. The molecule has 1 aromatic carbocycles. The van der Waals surface area contributed by atoms with Crippen LogP contribution in [0.1, 0.15) is 25.5 Å². The van der Waals surface area contributed by atoms with E-state index in [0.717, 1.165) is 6.42 Å². The van der Waals surface area contributed by atoms with E-state index in [4.69, 9.17) is 9.52 Å². The molecule has 1 unspecified atom stereocenters. The molecule has 2 aromatic rings. The Kier molecular flexibility index (Phi) is 5.05. The van der Waals surface area contributed by atoms with Gasteiger partial charge in [-0.2, -0.15) is 0 Å². The number of oxazole rings is 1. The number of carbonyl (C=O) groups is 1. The van der Waals surface area contributed by atoms with Crippen LogP contribution in [0.4, 0.5) is 4.39 Å². The second-order valence-electron chi connectivity index (χ2n) is 4.71. The van der Waals surface area contributed by atoms with Gasteiger partial charge < -0.3 is 9.52 Å². The molecule has 0 saturated heterocycles. The van der Waals surface area contributed by atoms with Gasteiger partial charge in [0.25, 0.3) is 0 Å². The Bertz CT molecular complexity index is 612. The fourth-order valence-corrected chi connectivity index (χ4v) is 1.97. The van der Waals surface area contributed by atoms with Gasteiger partial charge >= 0.3 is 5.97 Å². The summed E-state index contributed by atoms with van der Waals surface area (Å²) in [4.78, 5) is 15.3. The molecular formula is C15H17FN2O3. The first-order valence-corrected chi connectivity index (χ1v) is 6.76. The van der Waals surface area contributed by atoms with Crippen molar-refractivity contribution in [3.05, 3.63) is 42.0 Å². The van der Waals surface area contributed by atoms with E-state index in [0.29, 0.717) is 23.6 Å². The van der Waals surface area contributed by atoms with Crippen LogP contribution in [0.25, 0.3) is 11.5 Å². The Balaban J connectivity index is 2.02. The van der Waals surface area contributed by atoms with Gasteiger partial charge in [-0.15, -0.1) is 0 Å². The molecular weight excluding hydrogens is 275 g/mol. The number of hydrogen-bond donors (Lipinski definition) is 2. The van der Waals surface area contributed by atoms with E-state index < -0.39 is 12.0 Å². The van der Waals surface area contributed by atoms with E-state index in [1.807, 2.05) is 6.92 Å². The van der Waals surface area contributed by atoms with E-state index in [-0.39, 0.29) is 12.4 Å². The van der Waals surface area contributed by atoms with Gasteiger partial charge in [-0.25, -0.2) is 9.37 Å². The standard InChI is InChI=1S/C15H17FN2O3/c1-2-4-13(15(19)20)17-8-12-9-21-14(18-12)10-5-3-6-11(16)7-10/h3,5-7,9,13,17H,2,4,8H2,1H3,(H,19,20). The molecule has 0 aliphatic carbocycles. The van der Waals surface area contributed by atoms with Crippen LogP contribution in [-0.4, -0.2) is 22.1 Å². The Morgan fingerprint density at radius 3 is 3.00 bits per heavy atom. The number of aromatic nitrogens is 1.